The molecule has 46 heavy (non-hydrogen) atoms. The first kappa shape index (κ1) is 29.7. The summed E-state index contributed by atoms with van der Waals surface area (Å²) in [4.78, 5) is 46.4. The van der Waals surface area contributed by atoms with Crippen LogP contribution in [0.4, 0.5) is 19.3 Å². The Bertz CT molecular complexity index is 1930. The van der Waals surface area contributed by atoms with Crippen LogP contribution in [-0.2, 0) is 21.8 Å². The molecule has 0 spiro atoms. The Labute approximate surface area is 265 Å². The highest BCUT2D eigenvalue weighted by Gasteiger charge is 2.46. The summed E-state index contributed by atoms with van der Waals surface area (Å²) in [7, 11) is 0. The van der Waals surface area contributed by atoms with Crippen molar-refractivity contribution >= 4 is 36.2 Å². The molecule has 1 amide bonds. The average molecular weight is 645 g/mol. The number of ether oxygens (including phenoxy) is 3. The van der Waals surface area contributed by atoms with Crippen molar-refractivity contribution in [3.8, 4) is 5.75 Å². The maximum absolute atomic E-state index is 15.4. The minimum absolute atomic E-state index is 0.0977. The molecule has 0 unspecified atom stereocenters. The molecule has 0 saturated carbocycles. The van der Waals surface area contributed by atoms with Crippen LogP contribution in [0.1, 0.15) is 38.8 Å². The van der Waals surface area contributed by atoms with Crippen LogP contribution in [-0.4, -0.2) is 54.3 Å². The summed E-state index contributed by atoms with van der Waals surface area (Å²) in [6, 6.07) is 17.3. The number of pyridine rings is 1. The minimum atomic E-state index is -1.18. The highest BCUT2D eigenvalue weighted by Crippen LogP contribution is 2.45. The molecule has 234 valence electrons. The summed E-state index contributed by atoms with van der Waals surface area (Å²) in [5.41, 5.74) is 1.82. The Morgan fingerprint density at radius 2 is 1.85 bits per heavy atom. The molecule has 4 aromatic rings. The number of thioether (sulfide) groups is 1. The average Bonchev–Trinajstić information content (AvgIpc) is 3.24. The fourth-order valence-corrected chi connectivity index (χ4v) is 7.14. The van der Waals surface area contributed by atoms with Gasteiger partial charge in [-0.15, -0.1) is 11.8 Å². The predicted octanol–water partition coefficient (Wildman–Crippen LogP) is 5.32. The summed E-state index contributed by atoms with van der Waals surface area (Å²) in [5.74, 6) is -2.81. The van der Waals surface area contributed by atoms with Crippen LogP contribution >= 0.6 is 11.8 Å². The monoisotopic (exact) mass is 644 g/mol. The van der Waals surface area contributed by atoms with Crippen molar-refractivity contribution in [2.45, 2.75) is 29.5 Å². The van der Waals surface area contributed by atoms with E-state index in [4.69, 9.17) is 14.2 Å². The van der Waals surface area contributed by atoms with E-state index in [1.807, 2.05) is 24.3 Å². The van der Waals surface area contributed by atoms with Gasteiger partial charge in [0.1, 0.15) is 12.8 Å². The third-order valence-corrected chi connectivity index (χ3v) is 9.31. The van der Waals surface area contributed by atoms with Gasteiger partial charge in [-0.25, -0.2) is 13.6 Å². The van der Waals surface area contributed by atoms with Crippen molar-refractivity contribution in [3.63, 3.8) is 0 Å². The van der Waals surface area contributed by atoms with E-state index in [9.17, 15) is 18.8 Å². The fraction of sp³-hybridized carbons (Fsp3) is 0.212. The molecule has 0 N–H and O–H groups in total. The van der Waals surface area contributed by atoms with Crippen molar-refractivity contribution < 1.29 is 32.6 Å². The van der Waals surface area contributed by atoms with Crippen molar-refractivity contribution in [2.24, 2.45) is 4.99 Å². The van der Waals surface area contributed by atoms with Gasteiger partial charge in [0.15, 0.2) is 17.3 Å². The fourth-order valence-electron chi connectivity index (χ4n) is 6.02. The van der Waals surface area contributed by atoms with E-state index >= 15 is 4.39 Å². The Morgan fingerprint density at radius 1 is 1.04 bits per heavy atom. The summed E-state index contributed by atoms with van der Waals surface area (Å²) < 4.78 is 47.9. The van der Waals surface area contributed by atoms with Gasteiger partial charge in [-0.05, 0) is 47.7 Å². The molecular weight excluding hydrogens is 618 g/mol. The number of aliphatic imine (C=N–C) groups is 1. The summed E-state index contributed by atoms with van der Waals surface area (Å²) >= 11 is 1.38. The van der Waals surface area contributed by atoms with Gasteiger partial charge < -0.3 is 19.1 Å². The van der Waals surface area contributed by atoms with Crippen molar-refractivity contribution in [1.29, 1.82) is 0 Å². The number of aromatic nitrogens is 1. The highest BCUT2D eigenvalue weighted by atomic mass is 32.2. The van der Waals surface area contributed by atoms with E-state index in [2.05, 4.69) is 11.7 Å². The predicted molar refractivity (Wildman–Crippen MR) is 165 cm³/mol. The van der Waals surface area contributed by atoms with Crippen LogP contribution in [0, 0.1) is 11.6 Å². The lowest BCUT2D eigenvalue weighted by atomic mass is 9.93. The molecule has 0 aliphatic carbocycles. The van der Waals surface area contributed by atoms with Gasteiger partial charge >= 0.3 is 6.16 Å². The first-order valence-corrected chi connectivity index (χ1v) is 15.4. The zero-order valence-corrected chi connectivity index (χ0v) is 25.0. The van der Waals surface area contributed by atoms with Crippen LogP contribution in [0.5, 0.6) is 5.75 Å². The number of rotatable bonds is 5. The summed E-state index contributed by atoms with van der Waals surface area (Å²) in [5, 5.41) is 1.80. The lowest BCUT2D eigenvalue weighted by Crippen LogP contribution is -2.66. The largest absolute Gasteiger partial charge is 0.514 e. The van der Waals surface area contributed by atoms with E-state index in [-0.39, 0.29) is 43.4 Å². The molecule has 4 heterocycles. The van der Waals surface area contributed by atoms with Crippen LogP contribution in [0.2, 0.25) is 0 Å². The number of carbonyl (C=O) groups is 2. The van der Waals surface area contributed by atoms with Gasteiger partial charge in [-0.3, -0.25) is 24.3 Å². The van der Waals surface area contributed by atoms with Crippen molar-refractivity contribution in [2.75, 3.05) is 24.8 Å². The molecule has 1 aromatic heterocycles. The summed E-state index contributed by atoms with van der Waals surface area (Å²) in [6.45, 7) is 3.82. The van der Waals surface area contributed by atoms with Gasteiger partial charge in [-0.1, -0.05) is 36.4 Å². The number of hydrogen-bond acceptors (Lipinski definition) is 9. The Morgan fingerprint density at radius 3 is 2.65 bits per heavy atom. The molecule has 13 heteroatoms. The maximum Gasteiger partial charge on any atom is 0.514 e. The van der Waals surface area contributed by atoms with E-state index in [0.29, 0.717) is 16.8 Å². The third-order valence-electron chi connectivity index (χ3n) is 8.19. The van der Waals surface area contributed by atoms with Crippen molar-refractivity contribution in [3.05, 3.63) is 123 Å². The number of morpholine rings is 1. The zero-order valence-electron chi connectivity index (χ0n) is 24.2. The number of fused-ring (bicyclic) bond motifs is 4. The van der Waals surface area contributed by atoms with Crippen LogP contribution < -0.4 is 15.2 Å². The topological polar surface area (TPSA) is 103 Å². The lowest BCUT2D eigenvalue weighted by Gasteiger charge is -2.51. The van der Waals surface area contributed by atoms with Crippen molar-refractivity contribution in [1.82, 2.24) is 9.58 Å². The Balaban J connectivity index is 1.34. The number of halogens is 2. The number of hydrogen-bond donors (Lipinski definition) is 0. The van der Waals surface area contributed by atoms with Gasteiger partial charge in [0.2, 0.25) is 11.2 Å². The third kappa shape index (κ3) is 5.11. The zero-order chi connectivity index (χ0) is 31.9. The number of nitrogens with zero attached hydrogens (tertiary/aromatic N) is 4. The normalized spacial score (nSPS) is 18.4. The van der Waals surface area contributed by atoms with Gasteiger partial charge in [0.25, 0.3) is 5.91 Å². The Kier molecular flexibility index (Phi) is 7.79. The van der Waals surface area contributed by atoms with Gasteiger partial charge in [-0.2, -0.15) is 0 Å². The first-order chi connectivity index (χ1) is 22.4. The quantitative estimate of drug-likeness (QED) is 0.213. The number of benzene rings is 3. The first-order valence-electron chi connectivity index (χ1n) is 14.4. The second-order valence-corrected chi connectivity index (χ2v) is 11.8. The molecule has 1 fully saturated rings. The summed E-state index contributed by atoms with van der Waals surface area (Å²) in [6.07, 6.45) is -0.472. The van der Waals surface area contributed by atoms with Gasteiger partial charge in [0, 0.05) is 35.0 Å². The maximum atomic E-state index is 15.4. The Hall–Kier alpha value is -5.01. The molecule has 2 atom stereocenters. The molecule has 3 aliphatic rings. The molecule has 3 aromatic carbocycles. The molecule has 10 nitrogen and oxygen atoms in total. The van der Waals surface area contributed by atoms with E-state index in [1.54, 1.807) is 35.3 Å². The van der Waals surface area contributed by atoms with Crippen LogP contribution in [0.15, 0.2) is 87.6 Å². The van der Waals surface area contributed by atoms with Crippen LogP contribution in [0.3, 0.4) is 0 Å². The van der Waals surface area contributed by atoms with E-state index in [1.165, 1.54) is 33.6 Å². The molecular formula is C33H26F2N4O6S. The lowest BCUT2D eigenvalue weighted by molar-refractivity contribution is -0.0198. The van der Waals surface area contributed by atoms with Crippen LogP contribution in [0.25, 0.3) is 0 Å². The molecule has 0 bridgehead atoms. The number of carbonyl (C=O) groups excluding carboxylic acids is 2. The standard InChI is InChI=1S/C33H26F2N4O6S/c1-36-20-8-6-19(7-9-20)16-44-33(42)45-31-25(40)12-13-38-30(31)32(41)37-14-15-43-17-27(37)39(38)29-21-10-11-24(34)28(35)23(21)18-46-26-5-3-2-4-22(26)29/h2-13,27,29H,1,14-18H2/t27-,29+/m1/s1. The molecule has 1 saturated heterocycles. The smallest absolute Gasteiger partial charge is 0.429 e. The van der Waals surface area contributed by atoms with E-state index < -0.39 is 47.1 Å². The SMILES string of the molecule is C=Nc1ccc(COC(=O)Oc2c3n(ccc2=O)N([C@@H]2c4ccccc4SCc4c2ccc(F)c4F)[C@@H]2COCCN2C3=O)cc1. The van der Waals surface area contributed by atoms with E-state index in [0.717, 1.165) is 16.5 Å². The second kappa shape index (κ2) is 12.1. The minimum Gasteiger partial charge on any atom is -0.429 e. The van der Waals surface area contributed by atoms with Gasteiger partial charge in [0.05, 0.1) is 24.9 Å². The number of amides is 1. The second-order valence-electron chi connectivity index (χ2n) is 10.8. The molecule has 3 aliphatic heterocycles. The molecule has 7 rings (SSSR count). The highest BCUT2D eigenvalue weighted by molar-refractivity contribution is 7.98. The molecule has 0 radical (unpaired) electrons.